The zero-order valence-electron chi connectivity index (χ0n) is 14.7. The Hall–Kier alpha value is -3.03. The van der Waals surface area contributed by atoms with E-state index in [1.54, 1.807) is 24.3 Å². The van der Waals surface area contributed by atoms with Gasteiger partial charge in [0.15, 0.2) is 5.82 Å². The molecule has 0 spiro atoms. The number of hydrogen-bond acceptors (Lipinski definition) is 6. The average Bonchev–Trinajstić information content (AvgIpc) is 3.19. The maximum atomic E-state index is 12.2. The SMILES string of the molecule is CC(C)c1noc(CCNC(=O)CCN2C(=O)c3ccccc3C2=O)n1. The topological polar surface area (TPSA) is 105 Å². The van der Waals surface area contributed by atoms with Gasteiger partial charge in [0.2, 0.25) is 11.8 Å². The minimum Gasteiger partial charge on any atom is -0.356 e. The molecule has 1 aliphatic rings. The molecule has 0 bridgehead atoms. The van der Waals surface area contributed by atoms with Crippen molar-refractivity contribution in [3.05, 3.63) is 47.1 Å². The third-order valence-corrected chi connectivity index (χ3v) is 4.10. The molecule has 2 heterocycles. The van der Waals surface area contributed by atoms with Gasteiger partial charge in [-0.1, -0.05) is 31.1 Å². The normalized spacial score (nSPS) is 13.4. The number of carbonyl (C=O) groups excluding carboxylic acids is 3. The first kappa shape index (κ1) is 17.8. The Morgan fingerprint density at radius 2 is 1.85 bits per heavy atom. The summed E-state index contributed by atoms with van der Waals surface area (Å²) in [7, 11) is 0. The second-order valence-electron chi connectivity index (χ2n) is 6.36. The molecule has 0 atom stereocenters. The first-order valence-corrected chi connectivity index (χ1v) is 8.51. The van der Waals surface area contributed by atoms with E-state index < -0.39 is 0 Å². The van der Waals surface area contributed by atoms with E-state index in [1.165, 1.54) is 0 Å². The summed E-state index contributed by atoms with van der Waals surface area (Å²) in [6.45, 7) is 4.34. The van der Waals surface area contributed by atoms with E-state index in [9.17, 15) is 14.4 Å². The van der Waals surface area contributed by atoms with Gasteiger partial charge in [-0.2, -0.15) is 4.98 Å². The molecule has 0 saturated heterocycles. The highest BCUT2D eigenvalue weighted by molar-refractivity contribution is 6.21. The lowest BCUT2D eigenvalue weighted by molar-refractivity contribution is -0.121. The van der Waals surface area contributed by atoms with Crippen LogP contribution in [0.15, 0.2) is 28.8 Å². The fourth-order valence-electron chi connectivity index (χ4n) is 2.66. The zero-order valence-corrected chi connectivity index (χ0v) is 14.7. The van der Waals surface area contributed by atoms with Crippen LogP contribution in [0.1, 0.15) is 58.6 Å². The van der Waals surface area contributed by atoms with Crippen LogP contribution in [-0.4, -0.2) is 45.9 Å². The predicted molar refractivity (Wildman–Crippen MR) is 91.5 cm³/mol. The van der Waals surface area contributed by atoms with Crippen molar-refractivity contribution >= 4 is 17.7 Å². The number of benzene rings is 1. The molecule has 8 nitrogen and oxygen atoms in total. The van der Waals surface area contributed by atoms with Crippen LogP contribution >= 0.6 is 0 Å². The molecule has 8 heteroatoms. The molecular weight excluding hydrogens is 336 g/mol. The Bertz CT molecular complexity index is 808. The molecule has 3 rings (SSSR count). The molecular formula is C18H20N4O4. The first-order chi connectivity index (χ1) is 12.5. The van der Waals surface area contributed by atoms with Gasteiger partial charge >= 0.3 is 0 Å². The highest BCUT2D eigenvalue weighted by Gasteiger charge is 2.34. The van der Waals surface area contributed by atoms with Crippen molar-refractivity contribution in [1.82, 2.24) is 20.4 Å². The number of nitrogens with zero attached hydrogens (tertiary/aromatic N) is 3. The molecule has 0 unspecified atom stereocenters. The summed E-state index contributed by atoms with van der Waals surface area (Å²) in [5.74, 6) is 0.328. The Kier molecular flexibility index (Phi) is 5.11. The van der Waals surface area contributed by atoms with E-state index in [0.717, 1.165) is 4.90 Å². The van der Waals surface area contributed by atoms with Crippen molar-refractivity contribution in [2.45, 2.75) is 32.6 Å². The van der Waals surface area contributed by atoms with E-state index in [0.29, 0.717) is 35.8 Å². The van der Waals surface area contributed by atoms with E-state index >= 15 is 0 Å². The number of nitrogens with one attached hydrogen (secondary N) is 1. The summed E-state index contributed by atoms with van der Waals surface area (Å²) in [5, 5.41) is 6.59. The highest BCUT2D eigenvalue weighted by Crippen LogP contribution is 2.22. The summed E-state index contributed by atoms with van der Waals surface area (Å²) in [5.41, 5.74) is 0.769. The summed E-state index contributed by atoms with van der Waals surface area (Å²) in [6.07, 6.45) is 0.477. The molecule has 1 aromatic carbocycles. The van der Waals surface area contributed by atoms with Crippen LogP contribution in [-0.2, 0) is 11.2 Å². The molecule has 0 saturated carbocycles. The maximum Gasteiger partial charge on any atom is 0.261 e. The molecule has 0 radical (unpaired) electrons. The molecule has 136 valence electrons. The fourth-order valence-corrected chi connectivity index (χ4v) is 2.66. The van der Waals surface area contributed by atoms with Gasteiger partial charge in [-0.05, 0) is 12.1 Å². The summed E-state index contributed by atoms with van der Waals surface area (Å²) < 4.78 is 5.10. The second kappa shape index (κ2) is 7.47. The molecule has 0 fully saturated rings. The molecule has 26 heavy (non-hydrogen) atoms. The predicted octanol–water partition coefficient (Wildman–Crippen LogP) is 1.54. The van der Waals surface area contributed by atoms with Crippen molar-refractivity contribution in [3.8, 4) is 0 Å². The van der Waals surface area contributed by atoms with Crippen LogP contribution in [0.25, 0.3) is 0 Å². The van der Waals surface area contributed by atoms with E-state index in [2.05, 4.69) is 15.5 Å². The summed E-state index contributed by atoms with van der Waals surface area (Å²) in [4.78, 5) is 41.7. The number of hydrogen-bond donors (Lipinski definition) is 1. The number of rotatable bonds is 7. The highest BCUT2D eigenvalue weighted by atomic mass is 16.5. The van der Waals surface area contributed by atoms with Gasteiger partial charge in [0.05, 0.1) is 11.1 Å². The van der Waals surface area contributed by atoms with Crippen LogP contribution in [0.2, 0.25) is 0 Å². The minimum absolute atomic E-state index is 0.0482. The number of imide groups is 1. The first-order valence-electron chi connectivity index (χ1n) is 8.51. The number of carbonyl (C=O) groups is 3. The largest absolute Gasteiger partial charge is 0.356 e. The molecule has 1 N–H and O–H groups in total. The van der Waals surface area contributed by atoms with Gasteiger partial charge in [-0.25, -0.2) is 0 Å². The lowest BCUT2D eigenvalue weighted by Crippen LogP contribution is -2.35. The van der Waals surface area contributed by atoms with Crippen molar-refractivity contribution in [2.75, 3.05) is 13.1 Å². The van der Waals surface area contributed by atoms with Gasteiger partial charge < -0.3 is 9.84 Å². The molecule has 2 aromatic rings. The average molecular weight is 356 g/mol. The van der Waals surface area contributed by atoms with Crippen LogP contribution < -0.4 is 5.32 Å². The Labute approximate surface area is 150 Å². The summed E-state index contributed by atoms with van der Waals surface area (Å²) in [6, 6.07) is 6.65. The second-order valence-corrected chi connectivity index (χ2v) is 6.36. The van der Waals surface area contributed by atoms with E-state index in [1.807, 2.05) is 13.8 Å². The van der Waals surface area contributed by atoms with Crippen molar-refractivity contribution in [3.63, 3.8) is 0 Å². The number of aromatic nitrogens is 2. The third kappa shape index (κ3) is 3.63. The molecule has 1 aliphatic heterocycles. The smallest absolute Gasteiger partial charge is 0.261 e. The van der Waals surface area contributed by atoms with Gasteiger partial charge in [0.25, 0.3) is 11.8 Å². The monoisotopic (exact) mass is 356 g/mol. The van der Waals surface area contributed by atoms with E-state index in [-0.39, 0.29) is 36.6 Å². The molecule has 0 aliphatic carbocycles. The van der Waals surface area contributed by atoms with Crippen LogP contribution in [0, 0.1) is 0 Å². The van der Waals surface area contributed by atoms with Crippen LogP contribution in [0.5, 0.6) is 0 Å². The van der Waals surface area contributed by atoms with Gasteiger partial charge in [0.1, 0.15) is 0 Å². The van der Waals surface area contributed by atoms with E-state index in [4.69, 9.17) is 4.52 Å². The maximum absolute atomic E-state index is 12.2. The standard InChI is InChI=1S/C18H20N4O4/c1-11(2)16-20-15(26-21-16)7-9-19-14(23)8-10-22-17(24)12-5-3-4-6-13(12)18(22)25/h3-6,11H,7-10H2,1-2H3,(H,19,23). The van der Waals surface area contributed by atoms with Crippen LogP contribution in [0.3, 0.4) is 0 Å². The minimum atomic E-state index is -0.356. The Balaban J connectivity index is 1.45. The zero-order chi connectivity index (χ0) is 18.7. The fraction of sp³-hybridized carbons (Fsp3) is 0.389. The number of fused-ring (bicyclic) bond motifs is 1. The van der Waals surface area contributed by atoms with Gasteiger partial charge in [0, 0.05) is 31.8 Å². The van der Waals surface area contributed by atoms with Gasteiger partial charge in [-0.3, -0.25) is 19.3 Å². The van der Waals surface area contributed by atoms with Crippen molar-refractivity contribution < 1.29 is 18.9 Å². The van der Waals surface area contributed by atoms with Crippen LogP contribution in [0.4, 0.5) is 0 Å². The van der Waals surface area contributed by atoms with Gasteiger partial charge in [-0.15, -0.1) is 0 Å². The van der Waals surface area contributed by atoms with Crippen molar-refractivity contribution in [2.24, 2.45) is 0 Å². The lowest BCUT2D eigenvalue weighted by atomic mass is 10.1. The lowest BCUT2D eigenvalue weighted by Gasteiger charge is -2.13. The number of amides is 3. The molecule has 1 aromatic heterocycles. The quantitative estimate of drug-likeness (QED) is 0.755. The summed E-state index contributed by atoms with van der Waals surface area (Å²) >= 11 is 0. The Morgan fingerprint density at radius 3 is 2.42 bits per heavy atom. The van der Waals surface area contributed by atoms with Crippen molar-refractivity contribution in [1.29, 1.82) is 0 Å². The Morgan fingerprint density at radius 1 is 1.19 bits per heavy atom. The molecule has 3 amide bonds. The third-order valence-electron chi connectivity index (χ3n) is 4.10.